The van der Waals surface area contributed by atoms with Gasteiger partial charge in [0.05, 0.1) is 6.10 Å². The van der Waals surface area contributed by atoms with Gasteiger partial charge in [0.25, 0.3) is 5.97 Å². The van der Waals surface area contributed by atoms with Crippen molar-refractivity contribution in [3.63, 3.8) is 0 Å². The van der Waals surface area contributed by atoms with Gasteiger partial charge in [-0.05, 0) is 19.3 Å². The van der Waals surface area contributed by atoms with Gasteiger partial charge in [0, 0.05) is 6.42 Å². The maximum absolute atomic E-state index is 10.0. The maximum Gasteiger partial charge on any atom is 0.278 e. The fourth-order valence-corrected chi connectivity index (χ4v) is 3.17. The molecule has 1 aliphatic heterocycles. The van der Waals surface area contributed by atoms with Gasteiger partial charge >= 0.3 is 0 Å². The van der Waals surface area contributed by atoms with E-state index in [1.807, 2.05) is 0 Å². The Bertz CT molecular complexity index is 241. The number of hydrogen-bond acceptors (Lipinski definition) is 3. The van der Waals surface area contributed by atoms with Crippen LogP contribution in [0.15, 0.2) is 0 Å². The summed E-state index contributed by atoms with van der Waals surface area (Å²) >= 11 is 0. The Balaban J connectivity index is 2.44. The highest BCUT2D eigenvalue weighted by Crippen LogP contribution is 2.23. The van der Waals surface area contributed by atoms with E-state index in [0.717, 1.165) is 38.5 Å². The molecule has 0 aromatic rings. The van der Waals surface area contributed by atoms with Gasteiger partial charge in [-0.15, -0.1) is 0 Å². The first-order chi connectivity index (χ1) is 10.1. The highest BCUT2D eigenvalue weighted by molar-refractivity contribution is 4.64. The fraction of sp³-hybridized carbons (Fsp3) is 1.00. The SMILES string of the molecule is CCCCC[C@H]1CCCCCCCCCCCC(O)(O)O1. The zero-order valence-electron chi connectivity index (χ0n) is 14.0. The van der Waals surface area contributed by atoms with E-state index in [-0.39, 0.29) is 6.10 Å². The van der Waals surface area contributed by atoms with Gasteiger partial charge in [0.1, 0.15) is 0 Å². The van der Waals surface area contributed by atoms with E-state index in [2.05, 4.69) is 6.92 Å². The van der Waals surface area contributed by atoms with Gasteiger partial charge in [0.2, 0.25) is 0 Å². The van der Waals surface area contributed by atoms with E-state index in [1.54, 1.807) is 0 Å². The van der Waals surface area contributed by atoms with Crippen molar-refractivity contribution < 1.29 is 14.9 Å². The maximum atomic E-state index is 10.0. The van der Waals surface area contributed by atoms with E-state index >= 15 is 0 Å². The smallest absolute Gasteiger partial charge is 0.278 e. The van der Waals surface area contributed by atoms with Gasteiger partial charge < -0.3 is 14.9 Å². The lowest BCUT2D eigenvalue weighted by atomic mass is 10.0. The molecule has 0 unspecified atom stereocenters. The minimum atomic E-state index is -1.92. The lowest BCUT2D eigenvalue weighted by molar-refractivity contribution is -0.358. The lowest BCUT2D eigenvalue weighted by Crippen LogP contribution is -2.36. The number of rotatable bonds is 4. The Kier molecular flexibility index (Phi) is 10.3. The van der Waals surface area contributed by atoms with Crippen LogP contribution in [0.5, 0.6) is 0 Å². The summed E-state index contributed by atoms with van der Waals surface area (Å²) in [7, 11) is 0. The van der Waals surface area contributed by atoms with Gasteiger partial charge in [-0.25, -0.2) is 0 Å². The topological polar surface area (TPSA) is 49.7 Å². The normalized spacial score (nSPS) is 26.1. The molecule has 3 nitrogen and oxygen atoms in total. The van der Waals surface area contributed by atoms with E-state index in [9.17, 15) is 10.2 Å². The molecule has 0 aliphatic carbocycles. The van der Waals surface area contributed by atoms with Crippen LogP contribution in [0.4, 0.5) is 0 Å². The second-order valence-electron chi connectivity index (χ2n) is 6.70. The highest BCUT2D eigenvalue weighted by atomic mass is 16.8. The summed E-state index contributed by atoms with van der Waals surface area (Å²) < 4.78 is 5.64. The minimum Gasteiger partial charge on any atom is -0.343 e. The van der Waals surface area contributed by atoms with Gasteiger partial charge in [0.15, 0.2) is 0 Å². The van der Waals surface area contributed by atoms with Crippen molar-refractivity contribution in [2.24, 2.45) is 0 Å². The van der Waals surface area contributed by atoms with Gasteiger partial charge in [-0.1, -0.05) is 77.6 Å². The second-order valence-corrected chi connectivity index (χ2v) is 6.70. The van der Waals surface area contributed by atoms with E-state index in [4.69, 9.17) is 4.74 Å². The first-order valence-corrected chi connectivity index (χ1v) is 9.26. The minimum absolute atomic E-state index is 0.00879. The molecule has 0 aromatic heterocycles. The molecule has 1 rings (SSSR count). The molecular formula is C18H36O3. The third-order valence-corrected chi connectivity index (χ3v) is 4.51. The molecule has 1 aliphatic rings. The van der Waals surface area contributed by atoms with Gasteiger partial charge in [-0.2, -0.15) is 0 Å². The monoisotopic (exact) mass is 300 g/mol. The summed E-state index contributed by atoms with van der Waals surface area (Å²) in [4.78, 5) is 0. The predicted molar refractivity (Wildman–Crippen MR) is 87.0 cm³/mol. The third-order valence-electron chi connectivity index (χ3n) is 4.51. The average molecular weight is 300 g/mol. The summed E-state index contributed by atoms with van der Waals surface area (Å²) in [6.07, 6.45) is 16.6. The molecule has 0 saturated carbocycles. The van der Waals surface area contributed by atoms with Crippen LogP contribution in [-0.2, 0) is 4.74 Å². The molecule has 1 saturated heterocycles. The Morgan fingerprint density at radius 1 is 0.857 bits per heavy atom. The van der Waals surface area contributed by atoms with Crippen LogP contribution in [0.3, 0.4) is 0 Å². The van der Waals surface area contributed by atoms with E-state index < -0.39 is 5.97 Å². The van der Waals surface area contributed by atoms with Crippen LogP contribution in [0, 0.1) is 0 Å². The fourth-order valence-electron chi connectivity index (χ4n) is 3.17. The molecule has 1 atom stereocenters. The van der Waals surface area contributed by atoms with Crippen molar-refractivity contribution in [2.75, 3.05) is 0 Å². The zero-order chi connectivity index (χ0) is 15.4. The summed E-state index contributed by atoms with van der Waals surface area (Å²) in [5.74, 6) is -1.92. The molecule has 126 valence electrons. The predicted octanol–water partition coefficient (Wildman–Crippen LogP) is 4.90. The third kappa shape index (κ3) is 10.3. The molecule has 1 heterocycles. The van der Waals surface area contributed by atoms with Crippen molar-refractivity contribution in [3.05, 3.63) is 0 Å². The quantitative estimate of drug-likeness (QED) is 0.574. The van der Waals surface area contributed by atoms with Crippen LogP contribution in [0.1, 0.15) is 103 Å². The van der Waals surface area contributed by atoms with Crippen LogP contribution in [0.25, 0.3) is 0 Å². The lowest BCUT2D eigenvalue weighted by Gasteiger charge is -2.28. The Labute approximate surface area is 131 Å². The molecule has 0 spiro atoms. The molecule has 1 fully saturated rings. The van der Waals surface area contributed by atoms with Crippen molar-refractivity contribution in [1.82, 2.24) is 0 Å². The molecule has 0 radical (unpaired) electrons. The molecule has 3 heteroatoms. The summed E-state index contributed by atoms with van der Waals surface area (Å²) in [5.41, 5.74) is 0. The average Bonchev–Trinajstić information content (AvgIpc) is 2.43. The first kappa shape index (κ1) is 18.9. The van der Waals surface area contributed by atoms with Crippen LogP contribution < -0.4 is 0 Å². The number of hydrogen-bond donors (Lipinski definition) is 2. The molecule has 21 heavy (non-hydrogen) atoms. The van der Waals surface area contributed by atoms with Gasteiger partial charge in [-0.3, -0.25) is 0 Å². The van der Waals surface area contributed by atoms with Crippen LogP contribution >= 0.6 is 0 Å². The first-order valence-electron chi connectivity index (χ1n) is 9.26. The van der Waals surface area contributed by atoms with Crippen molar-refractivity contribution >= 4 is 0 Å². The second kappa shape index (κ2) is 11.4. The van der Waals surface area contributed by atoms with E-state index in [1.165, 1.54) is 51.4 Å². The molecule has 0 aromatic carbocycles. The van der Waals surface area contributed by atoms with Crippen molar-refractivity contribution in [2.45, 2.75) is 115 Å². The van der Waals surface area contributed by atoms with Crippen LogP contribution in [-0.4, -0.2) is 22.3 Å². The zero-order valence-corrected chi connectivity index (χ0v) is 14.0. The molecule has 0 amide bonds. The number of unbranched alkanes of at least 4 members (excludes halogenated alkanes) is 2. The Hall–Kier alpha value is -0.120. The summed E-state index contributed by atoms with van der Waals surface area (Å²) in [5, 5.41) is 20.1. The number of aliphatic hydroxyl groups is 2. The summed E-state index contributed by atoms with van der Waals surface area (Å²) in [6, 6.07) is 0. The largest absolute Gasteiger partial charge is 0.343 e. The molecule has 2 N–H and O–H groups in total. The summed E-state index contributed by atoms with van der Waals surface area (Å²) in [6.45, 7) is 2.19. The number of ether oxygens (including phenoxy) is 1. The van der Waals surface area contributed by atoms with Crippen LogP contribution in [0.2, 0.25) is 0 Å². The Morgan fingerprint density at radius 2 is 1.43 bits per heavy atom. The molecule has 0 bridgehead atoms. The molecular weight excluding hydrogens is 264 g/mol. The van der Waals surface area contributed by atoms with Crippen molar-refractivity contribution in [1.29, 1.82) is 0 Å². The highest BCUT2D eigenvalue weighted by Gasteiger charge is 2.27. The Morgan fingerprint density at radius 3 is 2.05 bits per heavy atom. The van der Waals surface area contributed by atoms with Crippen molar-refractivity contribution in [3.8, 4) is 0 Å². The van der Waals surface area contributed by atoms with E-state index in [0.29, 0.717) is 6.42 Å². The standard InChI is InChI=1S/C18H36O3/c1-2-3-11-14-17-15-12-9-7-5-4-6-8-10-13-16-18(19,20)21-17/h17,19-20H,2-16H2,1H3/t17-/m0/s1.